The molecule has 2 N–H and O–H groups in total. The maximum absolute atomic E-state index is 5.96. The maximum Gasteiger partial charge on any atom is 0.171 e. The number of benzene rings is 2. The lowest BCUT2D eigenvalue weighted by molar-refractivity contribution is 0.199. The minimum Gasteiger partial charge on any atom is -0.360 e. The molecule has 138 valence electrons. The molecule has 1 heterocycles. The average molecular weight is 388 g/mol. The minimum atomic E-state index is 0.435. The topological polar surface area (TPSA) is 27.3 Å². The van der Waals surface area contributed by atoms with E-state index in [2.05, 4.69) is 52.8 Å². The van der Waals surface area contributed by atoms with Crippen LogP contribution in [0.15, 0.2) is 48.5 Å². The summed E-state index contributed by atoms with van der Waals surface area (Å²) in [5, 5.41) is 8.36. The molecule has 26 heavy (non-hydrogen) atoms. The minimum absolute atomic E-state index is 0.435. The summed E-state index contributed by atoms with van der Waals surface area (Å²) in [4.78, 5) is 2.49. The number of halogens is 1. The first kappa shape index (κ1) is 19.2. The molecule has 1 saturated heterocycles. The fourth-order valence-electron chi connectivity index (χ4n) is 3.38. The Bertz CT molecular complexity index is 724. The Labute approximate surface area is 166 Å². The maximum atomic E-state index is 5.96. The summed E-state index contributed by atoms with van der Waals surface area (Å²) in [6, 6.07) is 16.9. The Kier molecular flexibility index (Phi) is 6.89. The number of nitrogens with zero attached hydrogens (tertiary/aromatic N) is 1. The molecule has 0 radical (unpaired) electrons. The predicted molar refractivity (Wildman–Crippen MR) is 115 cm³/mol. The standard InChI is InChI=1S/C21H26ClN3S/c1-2-17-5-3-4-6-20(17)24-21(26)23-19-11-13-25(14-12-19)15-16-7-9-18(22)10-8-16/h3-10,19H,2,11-15H2,1H3,(H2,23,24,26). The zero-order valence-electron chi connectivity index (χ0n) is 15.2. The van der Waals surface area contributed by atoms with Crippen LogP contribution in [-0.4, -0.2) is 29.1 Å². The summed E-state index contributed by atoms with van der Waals surface area (Å²) in [6.45, 7) is 5.30. The van der Waals surface area contributed by atoms with E-state index >= 15 is 0 Å². The van der Waals surface area contributed by atoms with E-state index in [9.17, 15) is 0 Å². The molecule has 0 spiro atoms. The van der Waals surface area contributed by atoms with E-state index in [0.29, 0.717) is 6.04 Å². The highest BCUT2D eigenvalue weighted by Crippen LogP contribution is 2.18. The lowest BCUT2D eigenvalue weighted by Gasteiger charge is -2.33. The average Bonchev–Trinajstić information content (AvgIpc) is 2.65. The number of thiocarbonyl (C=S) groups is 1. The van der Waals surface area contributed by atoms with Crippen molar-refractivity contribution in [3.8, 4) is 0 Å². The molecule has 1 fully saturated rings. The van der Waals surface area contributed by atoms with Crippen LogP contribution in [-0.2, 0) is 13.0 Å². The van der Waals surface area contributed by atoms with Gasteiger partial charge in [-0.15, -0.1) is 0 Å². The van der Waals surface area contributed by atoms with Gasteiger partial charge in [-0.2, -0.15) is 0 Å². The van der Waals surface area contributed by atoms with Gasteiger partial charge in [0.1, 0.15) is 0 Å². The summed E-state index contributed by atoms with van der Waals surface area (Å²) in [6.07, 6.45) is 3.20. The molecule has 3 nitrogen and oxygen atoms in total. The van der Waals surface area contributed by atoms with Gasteiger partial charge in [0.2, 0.25) is 0 Å². The normalized spacial score (nSPS) is 15.6. The molecular weight excluding hydrogens is 362 g/mol. The van der Waals surface area contributed by atoms with Gasteiger partial charge in [-0.1, -0.05) is 48.9 Å². The van der Waals surface area contributed by atoms with Crippen LogP contribution in [0.2, 0.25) is 5.02 Å². The molecule has 0 atom stereocenters. The van der Waals surface area contributed by atoms with E-state index in [1.807, 2.05) is 18.2 Å². The summed E-state index contributed by atoms with van der Waals surface area (Å²) < 4.78 is 0. The van der Waals surface area contributed by atoms with Crippen LogP contribution < -0.4 is 10.6 Å². The van der Waals surface area contributed by atoms with E-state index in [1.165, 1.54) is 11.1 Å². The second-order valence-electron chi connectivity index (χ2n) is 6.79. The van der Waals surface area contributed by atoms with Gasteiger partial charge in [0.05, 0.1) is 0 Å². The van der Waals surface area contributed by atoms with Crippen molar-refractivity contribution in [2.45, 2.75) is 38.8 Å². The van der Waals surface area contributed by atoms with E-state index in [4.69, 9.17) is 23.8 Å². The van der Waals surface area contributed by atoms with Crippen LogP contribution in [0, 0.1) is 0 Å². The van der Waals surface area contributed by atoms with E-state index in [0.717, 1.165) is 54.7 Å². The fraction of sp³-hybridized carbons (Fsp3) is 0.381. The van der Waals surface area contributed by atoms with Gasteiger partial charge >= 0.3 is 0 Å². The summed E-state index contributed by atoms with van der Waals surface area (Å²) in [5.41, 5.74) is 3.70. The highest BCUT2D eigenvalue weighted by molar-refractivity contribution is 7.80. The number of anilines is 1. The van der Waals surface area contributed by atoms with E-state index in [-0.39, 0.29) is 0 Å². The molecule has 0 amide bonds. The smallest absolute Gasteiger partial charge is 0.171 e. The fourth-order valence-corrected chi connectivity index (χ4v) is 3.78. The van der Waals surface area contributed by atoms with Crippen molar-refractivity contribution in [3.63, 3.8) is 0 Å². The summed E-state index contributed by atoms with van der Waals surface area (Å²) >= 11 is 11.5. The molecule has 2 aromatic rings. The molecule has 3 rings (SSSR count). The third-order valence-electron chi connectivity index (χ3n) is 4.89. The molecular formula is C21H26ClN3S. The van der Waals surface area contributed by atoms with E-state index in [1.54, 1.807) is 0 Å². The SMILES string of the molecule is CCc1ccccc1NC(=S)NC1CCN(Cc2ccc(Cl)cc2)CC1. The van der Waals surface area contributed by atoms with Gasteiger partial charge in [-0.25, -0.2) is 0 Å². The first-order valence-corrected chi connectivity index (χ1v) is 10.0. The van der Waals surface area contributed by atoms with Gasteiger partial charge in [0, 0.05) is 36.4 Å². The van der Waals surface area contributed by atoms with Gasteiger partial charge in [0.15, 0.2) is 5.11 Å². The first-order valence-electron chi connectivity index (χ1n) is 9.26. The van der Waals surface area contributed by atoms with Crippen LogP contribution in [0.4, 0.5) is 5.69 Å². The summed E-state index contributed by atoms with van der Waals surface area (Å²) in [7, 11) is 0. The Morgan fingerprint density at radius 2 is 1.81 bits per heavy atom. The third-order valence-corrected chi connectivity index (χ3v) is 5.36. The van der Waals surface area contributed by atoms with Crippen LogP contribution in [0.25, 0.3) is 0 Å². The van der Waals surface area contributed by atoms with Crippen molar-refractivity contribution in [1.82, 2.24) is 10.2 Å². The lowest BCUT2D eigenvalue weighted by atomic mass is 10.0. The van der Waals surface area contributed by atoms with Crippen molar-refractivity contribution in [2.24, 2.45) is 0 Å². The number of hydrogen-bond acceptors (Lipinski definition) is 2. The summed E-state index contributed by atoms with van der Waals surface area (Å²) in [5.74, 6) is 0. The second-order valence-corrected chi connectivity index (χ2v) is 7.63. The van der Waals surface area contributed by atoms with Crippen LogP contribution in [0.3, 0.4) is 0 Å². The Hall–Kier alpha value is -1.62. The molecule has 1 aliphatic heterocycles. The molecule has 0 aliphatic carbocycles. The monoisotopic (exact) mass is 387 g/mol. The molecule has 5 heteroatoms. The largest absolute Gasteiger partial charge is 0.360 e. The zero-order chi connectivity index (χ0) is 18.4. The van der Waals surface area contributed by atoms with Gasteiger partial charge in [0.25, 0.3) is 0 Å². The molecule has 0 aromatic heterocycles. The number of para-hydroxylation sites is 1. The van der Waals surface area contributed by atoms with Gasteiger partial charge in [-0.05, 0) is 60.8 Å². The number of nitrogens with one attached hydrogen (secondary N) is 2. The molecule has 0 bridgehead atoms. The third kappa shape index (κ3) is 5.44. The first-order chi connectivity index (χ1) is 12.6. The van der Waals surface area contributed by atoms with Crippen LogP contribution >= 0.6 is 23.8 Å². The molecule has 0 unspecified atom stereocenters. The Balaban J connectivity index is 1.44. The highest BCUT2D eigenvalue weighted by atomic mass is 35.5. The van der Waals surface area contributed by atoms with Crippen molar-refractivity contribution in [2.75, 3.05) is 18.4 Å². The molecule has 0 saturated carbocycles. The lowest BCUT2D eigenvalue weighted by Crippen LogP contribution is -2.45. The quantitative estimate of drug-likeness (QED) is 0.717. The number of rotatable bonds is 5. The molecule has 1 aliphatic rings. The predicted octanol–water partition coefficient (Wildman–Crippen LogP) is 4.85. The van der Waals surface area contributed by atoms with Gasteiger partial charge in [-0.3, -0.25) is 4.90 Å². The van der Waals surface area contributed by atoms with Crippen molar-refractivity contribution in [3.05, 3.63) is 64.7 Å². The number of likely N-dealkylation sites (tertiary alicyclic amines) is 1. The number of hydrogen-bond donors (Lipinski definition) is 2. The molecule has 2 aromatic carbocycles. The van der Waals surface area contributed by atoms with Crippen molar-refractivity contribution >= 4 is 34.6 Å². The van der Waals surface area contributed by atoms with Crippen molar-refractivity contribution in [1.29, 1.82) is 0 Å². The Morgan fingerprint density at radius 1 is 1.12 bits per heavy atom. The zero-order valence-corrected chi connectivity index (χ0v) is 16.7. The van der Waals surface area contributed by atoms with Crippen LogP contribution in [0.1, 0.15) is 30.9 Å². The van der Waals surface area contributed by atoms with Crippen molar-refractivity contribution < 1.29 is 0 Å². The van der Waals surface area contributed by atoms with E-state index < -0.39 is 0 Å². The highest BCUT2D eigenvalue weighted by Gasteiger charge is 2.20. The Morgan fingerprint density at radius 3 is 2.50 bits per heavy atom. The number of aryl methyl sites for hydroxylation is 1. The van der Waals surface area contributed by atoms with Crippen LogP contribution in [0.5, 0.6) is 0 Å². The van der Waals surface area contributed by atoms with Gasteiger partial charge < -0.3 is 10.6 Å². The number of piperidine rings is 1. The second kappa shape index (κ2) is 9.36.